The van der Waals surface area contributed by atoms with Crippen molar-refractivity contribution in [1.82, 2.24) is 5.48 Å². The Balaban J connectivity index is 1.65. The van der Waals surface area contributed by atoms with Crippen LogP contribution in [0, 0.1) is 0 Å². The van der Waals surface area contributed by atoms with Crippen molar-refractivity contribution in [2.75, 3.05) is 18.5 Å². The molecular weight excluding hydrogens is 398 g/mol. The van der Waals surface area contributed by atoms with E-state index in [2.05, 4.69) is 16.0 Å². The minimum Gasteiger partial charge on any atom is -0.463 e. The number of hydroxylamine groups is 1. The van der Waals surface area contributed by atoms with Crippen LogP contribution in [0.5, 0.6) is 0 Å². The van der Waals surface area contributed by atoms with Gasteiger partial charge in [-0.25, -0.2) is 10.3 Å². The van der Waals surface area contributed by atoms with E-state index < -0.39 is 17.5 Å². The largest absolute Gasteiger partial charge is 0.463 e. The first-order chi connectivity index (χ1) is 15.1. The zero-order valence-electron chi connectivity index (χ0n) is 17.7. The second kappa shape index (κ2) is 10.6. The van der Waals surface area contributed by atoms with Gasteiger partial charge in [-0.1, -0.05) is 54.5 Å². The van der Waals surface area contributed by atoms with Gasteiger partial charge >= 0.3 is 5.97 Å². The Morgan fingerprint density at radius 3 is 2.55 bits per heavy atom. The van der Waals surface area contributed by atoms with E-state index in [0.29, 0.717) is 24.1 Å². The van der Waals surface area contributed by atoms with E-state index in [1.807, 2.05) is 37.3 Å². The van der Waals surface area contributed by atoms with Crippen LogP contribution in [0.3, 0.4) is 0 Å². The first-order valence-electron chi connectivity index (χ1n) is 10.3. The van der Waals surface area contributed by atoms with Crippen molar-refractivity contribution in [1.29, 1.82) is 0 Å². The number of ether oxygens (including phenoxy) is 1. The summed E-state index contributed by atoms with van der Waals surface area (Å²) in [5.41, 5.74) is 3.85. The average molecular weight is 425 g/mol. The molecule has 0 saturated heterocycles. The fraction of sp³-hybridized carbons (Fsp3) is 0.348. The van der Waals surface area contributed by atoms with Crippen molar-refractivity contribution in [3.05, 3.63) is 65.7 Å². The SMILES string of the molecule is CCOC(=O)C1(CNc2ccccc2C(=O)NOCc2ccccc2)CC(CC)=NO1. The molecule has 0 fully saturated rings. The number of rotatable bonds is 10. The Morgan fingerprint density at radius 1 is 1.10 bits per heavy atom. The summed E-state index contributed by atoms with van der Waals surface area (Å²) in [5.74, 6) is -0.884. The fourth-order valence-electron chi connectivity index (χ4n) is 3.16. The van der Waals surface area contributed by atoms with Gasteiger partial charge in [0, 0.05) is 12.1 Å². The molecule has 0 radical (unpaired) electrons. The number of hydrogen-bond donors (Lipinski definition) is 2. The zero-order valence-corrected chi connectivity index (χ0v) is 17.7. The highest BCUT2D eigenvalue weighted by atomic mass is 16.7. The molecule has 0 bridgehead atoms. The molecule has 2 aromatic rings. The van der Waals surface area contributed by atoms with E-state index in [0.717, 1.165) is 11.3 Å². The number of anilines is 1. The minimum atomic E-state index is -1.26. The summed E-state index contributed by atoms with van der Waals surface area (Å²) in [4.78, 5) is 36.1. The van der Waals surface area contributed by atoms with E-state index in [-0.39, 0.29) is 19.8 Å². The Labute approximate surface area is 181 Å². The molecule has 31 heavy (non-hydrogen) atoms. The third-order valence-corrected chi connectivity index (χ3v) is 4.88. The molecule has 2 N–H and O–H groups in total. The molecule has 1 atom stereocenters. The van der Waals surface area contributed by atoms with Crippen LogP contribution in [0.25, 0.3) is 0 Å². The van der Waals surface area contributed by atoms with Crippen molar-refractivity contribution in [2.24, 2.45) is 5.16 Å². The number of carbonyl (C=O) groups is 2. The van der Waals surface area contributed by atoms with Crippen molar-refractivity contribution >= 4 is 23.3 Å². The highest BCUT2D eigenvalue weighted by Crippen LogP contribution is 2.28. The maximum atomic E-state index is 12.6. The second-order valence-corrected chi connectivity index (χ2v) is 7.10. The van der Waals surface area contributed by atoms with Crippen molar-refractivity contribution < 1.29 is 24.0 Å². The Kier molecular flexibility index (Phi) is 7.61. The molecule has 164 valence electrons. The van der Waals surface area contributed by atoms with Gasteiger partial charge in [0.15, 0.2) is 0 Å². The van der Waals surface area contributed by atoms with Crippen LogP contribution < -0.4 is 10.8 Å². The summed E-state index contributed by atoms with van der Waals surface area (Å²) in [6, 6.07) is 16.5. The topological polar surface area (TPSA) is 98.2 Å². The zero-order chi connectivity index (χ0) is 22.1. The predicted molar refractivity (Wildman–Crippen MR) is 116 cm³/mol. The summed E-state index contributed by atoms with van der Waals surface area (Å²) < 4.78 is 5.21. The Hall–Kier alpha value is -3.39. The number of esters is 1. The molecular formula is C23H27N3O5. The fourth-order valence-corrected chi connectivity index (χ4v) is 3.16. The van der Waals surface area contributed by atoms with E-state index >= 15 is 0 Å². The minimum absolute atomic E-state index is 0.105. The van der Waals surface area contributed by atoms with Gasteiger partial charge in [-0.2, -0.15) is 0 Å². The predicted octanol–water partition coefficient (Wildman–Crippen LogP) is 3.45. The Morgan fingerprint density at radius 2 is 1.84 bits per heavy atom. The molecule has 1 unspecified atom stereocenters. The van der Waals surface area contributed by atoms with E-state index in [4.69, 9.17) is 14.4 Å². The van der Waals surface area contributed by atoms with Gasteiger partial charge in [-0.15, -0.1) is 0 Å². The highest BCUT2D eigenvalue weighted by molar-refractivity contribution is 5.99. The third kappa shape index (κ3) is 5.61. The molecule has 0 aliphatic carbocycles. The van der Waals surface area contributed by atoms with Crippen molar-refractivity contribution in [2.45, 2.75) is 38.9 Å². The van der Waals surface area contributed by atoms with Gasteiger partial charge in [-0.3, -0.25) is 9.63 Å². The quantitative estimate of drug-likeness (QED) is 0.447. The van der Waals surface area contributed by atoms with Crippen LogP contribution in [0.2, 0.25) is 0 Å². The van der Waals surface area contributed by atoms with Gasteiger partial charge in [0.05, 0.1) is 31.0 Å². The summed E-state index contributed by atoms with van der Waals surface area (Å²) in [6.07, 6.45) is 1.02. The smallest absolute Gasteiger partial charge is 0.355 e. The average Bonchev–Trinajstić information content (AvgIpc) is 3.24. The number of carbonyl (C=O) groups excluding carboxylic acids is 2. The third-order valence-electron chi connectivity index (χ3n) is 4.88. The molecule has 8 nitrogen and oxygen atoms in total. The van der Waals surface area contributed by atoms with Gasteiger partial charge in [0.1, 0.15) is 0 Å². The number of hydrogen-bond acceptors (Lipinski definition) is 7. The lowest BCUT2D eigenvalue weighted by Crippen LogP contribution is -2.46. The molecule has 3 rings (SSSR count). The van der Waals surface area contributed by atoms with Crippen LogP contribution in [-0.4, -0.2) is 36.3 Å². The molecule has 0 saturated carbocycles. The summed E-state index contributed by atoms with van der Waals surface area (Å²) in [5, 5.41) is 7.18. The second-order valence-electron chi connectivity index (χ2n) is 7.10. The first-order valence-corrected chi connectivity index (χ1v) is 10.3. The molecule has 1 aliphatic rings. The lowest BCUT2D eigenvalue weighted by Gasteiger charge is -2.25. The number of amides is 1. The number of para-hydroxylation sites is 1. The summed E-state index contributed by atoms with van der Waals surface area (Å²) in [6.45, 7) is 4.28. The molecule has 1 aliphatic heterocycles. The maximum Gasteiger partial charge on any atom is 0.355 e. The van der Waals surface area contributed by atoms with Gasteiger partial charge < -0.3 is 14.9 Å². The molecule has 1 heterocycles. The van der Waals surface area contributed by atoms with Gasteiger partial charge in [0.2, 0.25) is 0 Å². The molecule has 0 aromatic heterocycles. The van der Waals surface area contributed by atoms with Crippen LogP contribution in [0.15, 0.2) is 59.8 Å². The summed E-state index contributed by atoms with van der Waals surface area (Å²) in [7, 11) is 0. The number of benzene rings is 2. The standard InChI is InChI=1S/C23H27N3O5/c1-3-18-14-23(31-25-18,22(28)29-4-2)16-24-20-13-9-8-12-19(20)21(27)26-30-15-17-10-6-5-7-11-17/h5-13,24H,3-4,14-16H2,1-2H3,(H,26,27). The van der Waals surface area contributed by atoms with Gasteiger partial charge in [-0.05, 0) is 31.0 Å². The molecule has 2 aromatic carbocycles. The van der Waals surface area contributed by atoms with Crippen molar-refractivity contribution in [3.8, 4) is 0 Å². The van der Waals surface area contributed by atoms with Crippen LogP contribution in [0.1, 0.15) is 42.6 Å². The van der Waals surface area contributed by atoms with Crippen LogP contribution >= 0.6 is 0 Å². The van der Waals surface area contributed by atoms with Crippen LogP contribution in [-0.2, 0) is 25.8 Å². The number of nitrogens with one attached hydrogen (secondary N) is 2. The monoisotopic (exact) mass is 425 g/mol. The molecule has 8 heteroatoms. The maximum absolute atomic E-state index is 12.6. The summed E-state index contributed by atoms with van der Waals surface area (Å²) >= 11 is 0. The Bertz CT molecular complexity index is 932. The normalized spacial score (nSPS) is 17.4. The number of nitrogens with zero attached hydrogens (tertiary/aromatic N) is 1. The number of oxime groups is 1. The lowest BCUT2D eigenvalue weighted by molar-refractivity contribution is -0.167. The van der Waals surface area contributed by atoms with E-state index in [1.165, 1.54) is 0 Å². The van der Waals surface area contributed by atoms with Gasteiger partial charge in [0.25, 0.3) is 11.5 Å². The first kappa shape index (κ1) is 22.3. The van der Waals surface area contributed by atoms with Crippen LogP contribution in [0.4, 0.5) is 5.69 Å². The lowest BCUT2D eigenvalue weighted by atomic mass is 9.96. The highest BCUT2D eigenvalue weighted by Gasteiger charge is 2.47. The molecule has 1 amide bonds. The van der Waals surface area contributed by atoms with E-state index in [1.54, 1.807) is 31.2 Å². The molecule has 0 spiro atoms. The van der Waals surface area contributed by atoms with E-state index in [9.17, 15) is 9.59 Å². The van der Waals surface area contributed by atoms with Crippen molar-refractivity contribution in [3.63, 3.8) is 0 Å².